The third kappa shape index (κ3) is 4.31. The van der Waals surface area contributed by atoms with E-state index in [1.54, 1.807) is 0 Å². The molecule has 6 N–H and O–H groups in total. The van der Waals surface area contributed by atoms with Crippen molar-refractivity contribution in [1.29, 1.82) is 0 Å². The Balaban J connectivity index is 1.93. The maximum absolute atomic E-state index is 13.4. The molecule has 0 amide bonds. The van der Waals surface area contributed by atoms with Crippen LogP contribution in [0, 0.1) is 0 Å². The summed E-state index contributed by atoms with van der Waals surface area (Å²) in [5, 5.41) is 54.0. The maximum Gasteiger partial charge on any atom is 0.433 e. The second-order valence-corrected chi connectivity index (χ2v) is 6.50. The van der Waals surface area contributed by atoms with Crippen LogP contribution < -0.4 is 4.74 Å². The second kappa shape index (κ2) is 8.16. The van der Waals surface area contributed by atoms with Crippen LogP contribution in [0.5, 0.6) is 11.6 Å². The van der Waals surface area contributed by atoms with Crippen molar-refractivity contribution < 1.29 is 48.2 Å². The number of phenolic OH excluding ortho intramolecular Hbond substituents is 1. The summed E-state index contributed by atoms with van der Waals surface area (Å²) in [4.78, 5) is 0. The number of rotatable bonds is 5. The molecule has 0 bridgehead atoms. The van der Waals surface area contributed by atoms with Crippen LogP contribution in [0.15, 0.2) is 24.3 Å². The van der Waals surface area contributed by atoms with Gasteiger partial charge in [0.05, 0.1) is 12.2 Å². The van der Waals surface area contributed by atoms with Gasteiger partial charge >= 0.3 is 6.18 Å². The number of aliphatic hydroxyl groups excluding tert-OH is 4. The van der Waals surface area contributed by atoms with Crippen LogP contribution in [0.2, 0.25) is 0 Å². The number of H-pyrrole nitrogens is 1. The van der Waals surface area contributed by atoms with Crippen LogP contribution in [0.3, 0.4) is 0 Å². The standard InChI is InChI=1S/C17H19F3N2O7/c18-17(19,20)14-8(5-7-3-1-2-4-9(7)24)15(22-21-14)29-16-13(27)12(26)11(25)10(6-23)28-16/h1-4,10-13,16,23-27H,5-6H2,(H,21,22)/t10-,11-,12+,13-,16+/m1/s1. The molecule has 1 aliphatic heterocycles. The normalized spacial score (nSPS) is 27.8. The number of hydrogen-bond acceptors (Lipinski definition) is 8. The predicted octanol–water partition coefficient (Wildman–Crippen LogP) is -0.0964. The van der Waals surface area contributed by atoms with Crippen LogP contribution in [0.4, 0.5) is 13.2 Å². The molecular weight excluding hydrogens is 401 g/mol. The smallest absolute Gasteiger partial charge is 0.433 e. The molecule has 1 aromatic heterocycles. The number of hydrogen-bond donors (Lipinski definition) is 6. The lowest BCUT2D eigenvalue weighted by Gasteiger charge is -2.39. The Kier molecular flexibility index (Phi) is 6.00. The molecule has 0 radical (unpaired) electrons. The number of nitrogens with zero attached hydrogens (tertiary/aromatic N) is 1. The van der Waals surface area contributed by atoms with Crippen LogP contribution >= 0.6 is 0 Å². The number of aromatic amines is 1. The van der Waals surface area contributed by atoms with Crippen molar-refractivity contribution in [2.24, 2.45) is 0 Å². The van der Waals surface area contributed by atoms with Crippen molar-refractivity contribution in [2.45, 2.75) is 43.3 Å². The number of phenols is 1. The van der Waals surface area contributed by atoms with E-state index >= 15 is 0 Å². The minimum absolute atomic E-state index is 0.165. The molecule has 12 heteroatoms. The van der Waals surface area contributed by atoms with E-state index < -0.39 is 67.0 Å². The molecule has 29 heavy (non-hydrogen) atoms. The largest absolute Gasteiger partial charge is 0.508 e. The zero-order valence-electron chi connectivity index (χ0n) is 14.7. The van der Waals surface area contributed by atoms with E-state index in [0.29, 0.717) is 0 Å². The molecule has 9 nitrogen and oxygen atoms in total. The lowest BCUT2D eigenvalue weighted by molar-refractivity contribution is -0.278. The number of aromatic hydroxyl groups is 1. The minimum Gasteiger partial charge on any atom is -0.508 e. The van der Waals surface area contributed by atoms with Crippen LogP contribution in [0.1, 0.15) is 16.8 Å². The summed E-state index contributed by atoms with van der Waals surface area (Å²) < 4.78 is 50.5. The first kappa shape index (κ1) is 21.3. The Bertz CT molecular complexity index is 843. The highest BCUT2D eigenvalue weighted by Gasteiger charge is 2.46. The lowest BCUT2D eigenvalue weighted by atomic mass is 9.99. The number of ether oxygens (including phenoxy) is 2. The molecule has 5 atom stereocenters. The topological polar surface area (TPSA) is 148 Å². The molecule has 1 aliphatic rings. The van der Waals surface area contributed by atoms with Crippen molar-refractivity contribution in [1.82, 2.24) is 10.2 Å². The number of benzene rings is 1. The van der Waals surface area contributed by atoms with E-state index in [1.165, 1.54) is 24.3 Å². The summed E-state index contributed by atoms with van der Waals surface area (Å²) in [6.07, 6.45) is -13.5. The highest BCUT2D eigenvalue weighted by Crippen LogP contribution is 2.37. The van der Waals surface area contributed by atoms with Gasteiger partial charge in [0, 0.05) is 6.42 Å². The van der Waals surface area contributed by atoms with Crippen molar-refractivity contribution in [3.05, 3.63) is 41.1 Å². The van der Waals surface area contributed by atoms with E-state index in [2.05, 4.69) is 5.10 Å². The molecule has 0 aliphatic carbocycles. The Labute approximate surface area is 161 Å². The fourth-order valence-corrected chi connectivity index (χ4v) is 2.97. The first-order valence-electron chi connectivity index (χ1n) is 8.52. The van der Waals surface area contributed by atoms with Gasteiger partial charge in [-0.25, -0.2) is 0 Å². The van der Waals surface area contributed by atoms with Gasteiger partial charge in [-0.2, -0.15) is 13.2 Å². The number of aliphatic hydroxyl groups is 4. The Morgan fingerprint density at radius 3 is 2.41 bits per heavy atom. The Morgan fingerprint density at radius 1 is 1.10 bits per heavy atom. The van der Waals surface area contributed by atoms with Gasteiger partial charge in [0.1, 0.15) is 35.9 Å². The summed E-state index contributed by atoms with van der Waals surface area (Å²) in [5.74, 6) is -0.814. The summed E-state index contributed by atoms with van der Waals surface area (Å²) in [6.45, 7) is -0.732. The molecule has 3 rings (SSSR count). The molecule has 2 heterocycles. The van der Waals surface area contributed by atoms with Crippen molar-refractivity contribution in [3.63, 3.8) is 0 Å². The monoisotopic (exact) mass is 420 g/mol. The minimum atomic E-state index is -4.82. The number of halogens is 3. The molecule has 1 saturated heterocycles. The fourth-order valence-electron chi connectivity index (χ4n) is 2.97. The van der Waals surface area contributed by atoms with Gasteiger partial charge in [-0.05, 0) is 11.6 Å². The summed E-state index contributed by atoms with van der Waals surface area (Å²) in [6, 6.07) is 5.76. The van der Waals surface area contributed by atoms with Crippen molar-refractivity contribution in [2.75, 3.05) is 6.61 Å². The van der Waals surface area contributed by atoms with Gasteiger partial charge in [0.15, 0.2) is 0 Å². The Morgan fingerprint density at radius 2 is 1.79 bits per heavy atom. The zero-order valence-corrected chi connectivity index (χ0v) is 14.7. The first-order chi connectivity index (χ1) is 13.6. The highest BCUT2D eigenvalue weighted by molar-refractivity contribution is 5.42. The third-order valence-corrected chi connectivity index (χ3v) is 4.55. The zero-order chi connectivity index (χ0) is 21.3. The van der Waals surface area contributed by atoms with Crippen molar-refractivity contribution >= 4 is 0 Å². The second-order valence-electron chi connectivity index (χ2n) is 6.50. The average molecular weight is 420 g/mol. The number of para-hydroxylation sites is 1. The SMILES string of the molecule is OC[C@H]1O[C@@H](Oc2n[nH]c(C(F)(F)F)c2Cc2ccccc2O)[C@H](O)[C@@H](O)[C@@H]1O. The van der Waals surface area contributed by atoms with Gasteiger partial charge < -0.3 is 35.0 Å². The molecule has 1 fully saturated rings. The Hall–Kier alpha value is -2.38. The van der Waals surface area contributed by atoms with E-state index in [-0.39, 0.29) is 11.3 Å². The lowest BCUT2D eigenvalue weighted by Crippen LogP contribution is -2.60. The van der Waals surface area contributed by atoms with Crippen LogP contribution in [-0.2, 0) is 17.3 Å². The fraction of sp³-hybridized carbons (Fsp3) is 0.471. The van der Waals surface area contributed by atoms with E-state index in [0.717, 1.165) is 0 Å². The predicted molar refractivity (Wildman–Crippen MR) is 88.9 cm³/mol. The molecule has 1 aromatic carbocycles. The van der Waals surface area contributed by atoms with Gasteiger partial charge in [0.2, 0.25) is 12.2 Å². The van der Waals surface area contributed by atoms with E-state index in [1.807, 2.05) is 5.10 Å². The molecule has 0 spiro atoms. The molecular formula is C17H19F3N2O7. The van der Waals surface area contributed by atoms with E-state index in [9.17, 15) is 38.7 Å². The third-order valence-electron chi connectivity index (χ3n) is 4.55. The van der Waals surface area contributed by atoms with Crippen molar-refractivity contribution in [3.8, 4) is 11.6 Å². The average Bonchev–Trinajstić information content (AvgIpc) is 3.06. The maximum atomic E-state index is 13.4. The van der Waals surface area contributed by atoms with Gasteiger partial charge in [-0.3, -0.25) is 5.10 Å². The summed E-state index contributed by atoms with van der Waals surface area (Å²) in [5.41, 5.74) is -1.52. The van der Waals surface area contributed by atoms with Gasteiger partial charge in [-0.1, -0.05) is 18.2 Å². The first-order valence-corrected chi connectivity index (χ1v) is 8.52. The quantitative estimate of drug-likeness (QED) is 0.393. The number of aromatic nitrogens is 2. The molecule has 0 unspecified atom stereocenters. The van der Waals surface area contributed by atoms with E-state index in [4.69, 9.17) is 9.47 Å². The highest BCUT2D eigenvalue weighted by atomic mass is 19.4. The molecule has 2 aromatic rings. The molecule has 160 valence electrons. The number of nitrogens with one attached hydrogen (secondary N) is 1. The van der Waals surface area contributed by atoms with Crippen LogP contribution in [-0.4, -0.2) is 73.0 Å². The molecule has 0 saturated carbocycles. The van der Waals surface area contributed by atoms with Gasteiger partial charge in [0.25, 0.3) is 0 Å². The summed E-state index contributed by atoms with van der Waals surface area (Å²) >= 11 is 0. The van der Waals surface area contributed by atoms with Gasteiger partial charge in [-0.15, -0.1) is 5.10 Å². The summed E-state index contributed by atoms with van der Waals surface area (Å²) in [7, 11) is 0. The number of alkyl halides is 3. The van der Waals surface area contributed by atoms with Crippen LogP contribution in [0.25, 0.3) is 0 Å².